The number of hydrogen-bond acceptors (Lipinski definition) is 0. The van der Waals surface area contributed by atoms with Crippen LogP contribution in [0.5, 0.6) is 0 Å². The summed E-state index contributed by atoms with van der Waals surface area (Å²) in [5.74, 6) is 1.16. The molecule has 0 radical (unpaired) electrons. The lowest BCUT2D eigenvalue weighted by Crippen LogP contribution is -2.08. The molecule has 2 aromatic carbocycles. The molecule has 0 fully saturated rings. The van der Waals surface area contributed by atoms with Crippen LogP contribution in [-0.4, -0.2) is 0 Å². The van der Waals surface area contributed by atoms with E-state index >= 15 is 0 Å². The van der Waals surface area contributed by atoms with Crippen molar-refractivity contribution in [2.45, 2.75) is 25.2 Å². The van der Waals surface area contributed by atoms with E-state index in [9.17, 15) is 0 Å². The fourth-order valence-corrected chi connectivity index (χ4v) is 3.17. The standard InChI is InChI=1S/C21H22/c1-3-10-18(11-4-1)12-9-17-21(20-15-7-8-16-20)19-13-5-2-6-14-19/h1-8,10-11,13-16,20-21H,9,12,17H2. The molecule has 0 saturated heterocycles. The van der Waals surface area contributed by atoms with E-state index in [-0.39, 0.29) is 0 Å². The van der Waals surface area contributed by atoms with Crippen molar-refractivity contribution >= 4 is 0 Å². The van der Waals surface area contributed by atoms with Crippen molar-refractivity contribution in [2.24, 2.45) is 5.92 Å². The van der Waals surface area contributed by atoms with Crippen LogP contribution < -0.4 is 0 Å². The number of benzene rings is 2. The predicted octanol–water partition coefficient (Wildman–Crippen LogP) is 5.54. The van der Waals surface area contributed by atoms with Crippen LogP contribution in [0.1, 0.15) is 29.9 Å². The van der Waals surface area contributed by atoms with Gasteiger partial charge < -0.3 is 0 Å². The molecule has 0 bridgehead atoms. The van der Waals surface area contributed by atoms with E-state index in [1.54, 1.807) is 0 Å². The Kier molecular flexibility index (Phi) is 4.68. The molecule has 21 heavy (non-hydrogen) atoms. The first-order valence-corrected chi connectivity index (χ1v) is 7.87. The molecule has 0 N–H and O–H groups in total. The van der Waals surface area contributed by atoms with Crippen LogP contribution >= 0.6 is 0 Å². The van der Waals surface area contributed by atoms with E-state index in [1.165, 1.54) is 30.4 Å². The lowest BCUT2D eigenvalue weighted by atomic mass is 9.83. The third-order valence-corrected chi connectivity index (χ3v) is 4.29. The normalized spacial score (nSPS) is 15.4. The van der Waals surface area contributed by atoms with Gasteiger partial charge >= 0.3 is 0 Å². The molecule has 0 spiro atoms. The predicted molar refractivity (Wildman–Crippen MR) is 90.3 cm³/mol. The van der Waals surface area contributed by atoms with Crippen LogP contribution in [0.4, 0.5) is 0 Å². The maximum Gasteiger partial charge on any atom is 0.00215 e. The Morgan fingerprint density at radius 1 is 0.762 bits per heavy atom. The van der Waals surface area contributed by atoms with Gasteiger partial charge in [0.1, 0.15) is 0 Å². The Balaban J connectivity index is 1.65. The molecule has 106 valence electrons. The summed E-state index contributed by atoms with van der Waals surface area (Å²) in [4.78, 5) is 0. The van der Waals surface area contributed by atoms with E-state index in [1.807, 2.05) is 0 Å². The van der Waals surface area contributed by atoms with Crippen molar-refractivity contribution in [3.63, 3.8) is 0 Å². The van der Waals surface area contributed by atoms with E-state index in [0.717, 1.165) is 0 Å². The SMILES string of the molecule is C1=CC(C(CCCc2ccccc2)c2ccccc2)C=C1. The van der Waals surface area contributed by atoms with Gasteiger partial charge in [0.15, 0.2) is 0 Å². The van der Waals surface area contributed by atoms with Gasteiger partial charge in [0, 0.05) is 5.92 Å². The third-order valence-electron chi connectivity index (χ3n) is 4.29. The maximum atomic E-state index is 2.33. The fraction of sp³-hybridized carbons (Fsp3) is 0.238. The highest BCUT2D eigenvalue weighted by molar-refractivity contribution is 5.28. The van der Waals surface area contributed by atoms with E-state index in [2.05, 4.69) is 85.0 Å². The highest BCUT2D eigenvalue weighted by atomic mass is 14.2. The van der Waals surface area contributed by atoms with Crippen LogP contribution in [0.2, 0.25) is 0 Å². The topological polar surface area (TPSA) is 0 Å². The van der Waals surface area contributed by atoms with Gasteiger partial charge in [-0.15, -0.1) is 0 Å². The summed E-state index contributed by atoms with van der Waals surface area (Å²) in [6.45, 7) is 0. The van der Waals surface area contributed by atoms with Crippen molar-refractivity contribution in [1.29, 1.82) is 0 Å². The zero-order valence-corrected chi connectivity index (χ0v) is 12.4. The molecule has 0 heteroatoms. The number of allylic oxidation sites excluding steroid dienone is 4. The van der Waals surface area contributed by atoms with E-state index in [4.69, 9.17) is 0 Å². The molecule has 0 nitrogen and oxygen atoms in total. The third kappa shape index (κ3) is 3.72. The highest BCUT2D eigenvalue weighted by Crippen LogP contribution is 2.33. The lowest BCUT2D eigenvalue weighted by molar-refractivity contribution is 0.529. The van der Waals surface area contributed by atoms with Gasteiger partial charge in [0.2, 0.25) is 0 Å². The Morgan fingerprint density at radius 3 is 2.05 bits per heavy atom. The average Bonchev–Trinajstić information content (AvgIpc) is 3.07. The van der Waals surface area contributed by atoms with Crippen LogP contribution in [-0.2, 0) is 6.42 Å². The molecule has 0 aromatic heterocycles. The molecule has 0 saturated carbocycles. The highest BCUT2D eigenvalue weighted by Gasteiger charge is 2.19. The molecular formula is C21H22. The van der Waals surface area contributed by atoms with Crippen molar-refractivity contribution in [3.05, 3.63) is 96.1 Å². The quantitative estimate of drug-likeness (QED) is 0.649. The maximum absolute atomic E-state index is 2.33. The molecule has 1 atom stereocenters. The van der Waals surface area contributed by atoms with Crippen LogP contribution in [0.15, 0.2) is 85.0 Å². The van der Waals surface area contributed by atoms with Crippen molar-refractivity contribution in [1.82, 2.24) is 0 Å². The van der Waals surface area contributed by atoms with Gasteiger partial charge in [-0.1, -0.05) is 85.0 Å². The first-order chi connectivity index (χ1) is 10.4. The molecule has 3 rings (SSSR count). The average molecular weight is 274 g/mol. The molecule has 2 aromatic rings. The molecule has 0 aliphatic heterocycles. The summed E-state index contributed by atoms with van der Waals surface area (Å²) < 4.78 is 0. The molecule has 1 aliphatic carbocycles. The number of aryl methyl sites for hydroxylation is 1. The summed E-state index contributed by atoms with van der Waals surface area (Å²) in [6.07, 6.45) is 12.7. The van der Waals surface area contributed by atoms with Crippen LogP contribution in [0.3, 0.4) is 0 Å². The van der Waals surface area contributed by atoms with Crippen LogP contribution in [0.25, 0.3) is 0 Å². The summed E-state index contributed by atoms with van der Waals surface area (Å²) in [5.41, 5.74) is 2.91. The van der Waals surface area contributed by atoms with Crippen LogP contribution in [0, 0.1) is 5.92 Å². The van der Waals surface area contributed by atoms with E-state index in [0.29, 0.717) is 11.8 Å². The van der Waals surface area contributed by atoms with Gasteiger partial charge in [-0.3, -0.25) is 0 Å². The molecule has 1 unspecified atom stereocenters. The Hall–Kier alpha value is -2.08. The van der Waals surface area contributed by atoms with Crippen molar-refractivity contribution in [3.8, 4) is 0 Å². The second-order valence-electron chi connectivity index (χ2n) is 5.74. The molecular weight excluding hydrogens is 252 g/mol. The van der Waals surface area contributed by atoms with Crippen molar-refractivity contribution in [2.75, 3.05) is 0 Å². The summed E-state index contributed by atoms with van der Waals surface area (Å²) in [6, 6.07) is 21.8. The second-order valence-corrected chi connectivity index (χ2v) is 5.74. The monoisotopic (exact) mass is 274 g/mol. The molecule has 1 aliphatic rings. The number of rotatable bonds is 6. The van der Waals surface area contributed by atoms with E-state index < -0.39 is 0 Å². The minimum atomic E-state index is 0.558. The first-order valence-electron chi connectivity index (χ1n) is 7.87. The first kappa shape index (κ1) is 13.9. The van der Waals surface area contributed by atoms with Gasteiger partial charge in [-0.25, -0.2) is 0 Å². The summed E-state index contributed by atoms with van der Waals surface area (Å²) in [7, 11) is 0. The number of hydrogen-bond donors (Lipinski definition) is 0. The summed E-state index contributed by atoms with van der Waals surface area (Å²) >= 11 is 0. The lowest BCUT2D eigenvalue weighted by Gasteiger charge is -2.21. The Bertz CT molecular complexity index is 580. The summed E-state index contributed by atoms with van der Waals surface area (Å²) in [5, 5.41) is 0. The van der Waals surface area contributed by atoms with Gasteiger partial charge in [0.05, 0.1) is 0 Å². The zero-order valence-electron chi connectivity index (χ0n) is 12.4. The fourth-order valence-electron chi connectivity index (χ4n) is 3.17. The molecule has 0 amide bonds. The second kappa shape index (κ2) is 7.08. The Labute approximate surface area is 127 Å². The van der Waals surface area contributed by atoms with Gasteiger partial charge in [-0.2, -0.15) is 0 Å². The minimum Gasteiger partial charge on any atom is -0.0770 e. The largest absolute Gasteiger partial charge is 0.0770 e. The minimum absolute atomic E-state index is 0.558. The van der Waals surface area contributed by atoms with Gasteiger partial charge in [0.25, 0.3) is 0 Å². The zero-order chi connectivity index (χ0) is 14.3. The molecule has 0 heterocycles. The Morgan fingerprint density at radius 2 is 1.38 bits per heavy atom. The van der Waals surface area contributed by atoms with Crippen molar-refractivity contribution < 1.29 is 0 Å². The van der Waals surface area contributed by atoms with Gasteiger partial charge in [-0.05, 0) is 36.3 Å². The smallest absolute Gasteiger partial charge is 0.00215 e.